The van der Waals surface area contributed by atoms with Crippen LogP contribution < -0.4 is 5.32 Å². The first-order valence-electron chi connectivity index (χ1n) is 8.22. The Bertz CT molecular complexity index is 428. The van der Waals surface area contributed by atoms with Gasteiger partial charge in [0.2, 0.25) is 0 Å². The molecule has 3 heteroatoms. The number of rotatable bonds is 7. The second-order valence-electron chi connectivity index (χ2n) is 6.98. The molecule has 0 aliphatic carbocycles. The van der Waals surface area contributed by atoms with Crippen molar-refractivity contribution in [1.82, 2.24) is 15.1 Å². The molecule has 1 aromatic rings. The fourth-order valence-corrected chi connectivity index (χ4v) is 3.17. The average molecular weight is 289 g/mol. The van der Waals surface area contributed by atoms with E-state index in [0.29, 0.717) is 5.92 Å². The summed E-state index contributed by atoms with van der Waals surface area (Å²) in [5, 5.41) is 3.58. The number of nitrogens with one attached hydrogen (secondary N) is 1. The predicted molar refractivity (Wildman–Crippen MR) is 90.7 cm³/mol. The zero-order valence-electron chi connectivity index (χ0n) is 14.1. The van der Waals surface area contributed by atoms with Crippen molar-refractivity contribution in [3.05, 3.63) is 35.4 Å². The van der Waals surface area contributed by atoms with Crippen LogP contribution in [0.4, 0.5) is 0 Å². The molecule has 1 aliphatic heterocycles. The molecule has 1 heterocycles. The van der Waals surface area contributed by atoms with Gasteiger partial charge < -0.3 is 15.1 Å². The SMILES string of the molecule is CC(C)CN(CCN(C)C)CC1CNCc2ccccc21. The van der Waals surface area contributed by atoms with Crippen LogP contribution in [0.25, 0.3) is 0 Å². The molecule has 0 saturated heterocycles. The summed E-state index contributed by atoms with van der Waals surface area (Å²) < 4.78 is 0. The fourth-order valence-electron chi connectivity index (χ4n) is 3.17. The van der Waals surface area contributed by atoms with Gasteiger partial charge in [0.1, 0.15) is 0 Å². The summed E-state index contributed by atoms with van der Waals surface area (Å²) in [7, 11) is 4.32. The minimum absolute atomic E-state index is 0.621. The number of benzene rings is 1. The summed E-state index contributed by atoms with van der Waals surface area (Å²) in [5.74, 6) is 1.34. The largest absolute Gasteiger partial charge is 0.312 e. The Hall–Kier alpha value is -0.900. The molecule has 0 fully saturated rings. The standard InChI is InChI=1S/C18H31N3/c1-15(2)13-21(10-9-20(3)4)14-17-12-19-11-16-7-5-6-8-18(16)17/h5-8,15,17,19H,9-14H2,1-4H3. The summed E-state index contributed by atoms with van der Waals surface area (Å²) in [6, 6.07) is 8.92. The van der Waals surface area contributed by atoms with Crippen molar-refractivity contribution in [3.8, 4) is 0 Å². The second kappa shape index (κ2) is 7.92. The van der Waals surface area contributed by atoms with Gasteiger partial charge in [-0.1, -0.05) is 38.1 Å². The highest BCUT2D eigenvalue weighted by Gasteiger charge is 2.22. The van der Waals surface area contributed by atoms with Crippen LogP contribution in [-0.4, -0.2) is 56.6 Å². The van der Waals surface area contributed by atoms with Crippen molar-refractivity contribution in [3.63, 3.8) is 0 Å². The van der Waals surface area contributed by atoms with Gasteiger partial charge in [-0.15, -0.1) is 0 Å². The maximum atomic E-state index is 3.58. The molecule has 0 aromatic heterocycles. The molecule has 0 bridgehead atoms. The Morgan fingerprint density at radius 1 is 1.19 bits per heavy atom. The lowest BCUT2D eigenvalue weighted by atomic mass is 9.90. The number of hydrogen-bond donors (Lipinski definition) is 1. The fraction of sp³-hybridized carbons (Fsp3) is 0.667. The van der Waals surface area contributed by atoms with Crippen molar-refractivity contribution < 1.29 is 0 Å². The zero-order chi connectivity index (χ0) is 15.2. The molecule has 1 unspecified atom stereocenters. The van der Waals surface area contributed by atoms with E-state index in [9.17, 15) is 0 Å². The van der Waals surface area contributed by atoms with Crippen molar-refractivity contribution in [1.29, 1.82) is 0 Å². The first-order valence-corrected chi connectivity index (χ1v) is 8.22. The molecule has 1 aromatic carbocycles. The van der Waals surface area contributed by atoms with Crippen LogP contribution in [0, 0.1) is 5.92 Å². The van der Waals surface area contributed by atoms with E-state index in [1.54, 1.807) is 5.56 Å². The van der Waals surface area contributed by atoms with Gasteiger partial charge in [0, 0.05) is 45.2 Å². The minimum atomic E-state index is 0.621. The second-order valence-corrected chi connectivity index (χ2v) is 6.98. The molecule has 1 N–H and O–H groups in total. The van der Waals surface area contributed by atoms with E-state index in [0.717, 1.165) is 38.6 Å². The summed E-state index contributed by atoms with van der Waals surface area (Å²) in [6.45, 7) is 11.4. The lowest BCUT2D eigenvalue weighted by Crippen LogP contribution is -2.41. The van der Waals surface area contributed by atoms with E-state index in [1.165, 1.54) is 12.1 Å². The molecule has 0 amide bonds. The van der Waals surface area contributed by atoms with Gasteiger partial charge in [-0.2, -0.15) is 0 Å². The van der Waals surface area contributed by atoms with Gasteiger partial charge in [-0.3, -0.25) is 0 Å². The number of fused-ring (bicyclic) bond motifs is 1. The van der Waals surface area contributed by atoms with Gasteiger partial charge in [0.25, 0.3) is 0 Å². The van der Waals surface area contributed by atoms with Crippen LogP contribution in [0.1, 0.15) is 30.9 Å². The normalized spacial score (nSPS) is 18.5. The van der Waals surface area contributed by atoms with Crippen molar-refractivity contribution >= 4 is 0 Å². The smallest absolute Gasteiger partial charge is 0.0208 e. The Kier molecular flexibility index (Phi) is 6.22. The van der Waals surface area contributed by atoms with E-state index < -0.39 is 0 Å². The van der Waals surface area contributed by atoms with Crippen LogP contribution in [0.15, 0.2) is 24.3 Å². The van der Waals surface area contributed by atoms with E-state index in [4.69, 9.17) is 0 Å². The third kappa shape index (κ3) is 5.10. The van der Waals surface area contributed by atoms with Crippen LogP contribution >= 0.6 is 0 Å². The van der Waals surface area contributed by atoms with Gasteiger partial charge in [-0.25, -0.2) is 0 Å². The third-order valence-corrected chi connectivity index (χ3v) is 4.17. The predicted octanol–water partition coefficient (Wildman–Crippen LogP) is 2.39. The summed E-state index contributed by atoms with van der Waals surface area (Å²) in [4.78, 5) is 4.92. The van der Waals surface area contributed by atoms with Crippen LogP contribution in [-0.2, 0) is 6.54 Å². The molecule has 2 rings (SSSR count). The lowest BCUT2D eigenvalue weighted by molar-refractivity contribution is 0.204. The molecule has 3 nitrogen and oxygen atoms in total. The molecular weight excluding hydrogens is 258 g/mol. The summed E-state index contributed by atoms with van der Waals surface area (Å²) >= 11 is 0. The molecule has 21 heavy (non-hydrogen) atoms. The maximum Gasteiger partial charge on any atom is 0.0208 e. The first kappa shape index (κ1) is 16.5. The van der Waals surface area contributed by atoms with Crippen molar-refractivity contribution in [2.24, 2.45) is 5.92 Å². The van der Waals surface area contributed by atoms with Gasteiger partial charge in [0.05, 0.1) is 0 Å². The molecule has 0 spiro atoms. The van der Waals surface area contributed by atoms with Gasteiger partial charge in [-0.05, 0) is 31.1 Å². The van der Waals surface area contributed by atoms with Crippen LogP contribution in [0.2, 0.25) is 0 Å². The molecule has 1 atom stereocenters. The Balaban J connectivity index is 2.02. The van der Waals surface area contributed by atoms with Crippen LogP contribution in [0.5, 0.6) is 0 Å². The number of likely N-dealkylation sites (N-methyl/N-ethyl adjacent to an activating group) is 1. The highest BCUT2D eigenvalue weighted by atomic mass is 15.2. The first-order chi connectivity index (χ1) is 10.1. The quantitative estimate of drug-likeness (QED) is 0.831. The van der Waals surface area contributed by atoms with Crippen LogP contribution in [0.3, 0.4) is 0 Å². The molecular formula is C18H31N3. The van der Waals surface area contributed by atoms with Gasteiger partial charge >= 0.3 is 0 Å². The highest BCUT2D eigenvalue weighted by Crippen LogP contribution is 2.24. The van der Waals surface area contributed by atoms with E-state index in [2.05, 4.69) is 67.3 Å². The Morgan fingerprint density at radius 3 is 2.67 bits per heavy atom. The molecule has 1 aliphatic rings. The summed E-state index contributed by atoms with van der Waals surface area (Å²) in [6.07, 6.45) is 0. The molecule has 118 valence electrons. The van der Waals surface area contributed by atoms with E-state index in [-0.39, 0.29) is 0 Å². The average Bonchev–Trinajstić information content (AvgIpc) is 2.44. The topological polar surface area (TPSA) is 18.5 Å². The van der Waals surface area contributed by atoms with Crippen molar-refractivity contribution in [2.45, 2.75) is 26.3 Å². The highest BCUT2D eigenvalue weighted by molar-refractivity contribution is 5.32. The maximum absolute atomic E-state index is 3.58. The number of hydrogen-bond acceptors (Lipinski definition) is 3. The van der Waals surface area contributed by atoms with Crippen molar-refractivity contribution in [2.75, 3.05) is 46.8 Å². The minimum Gasteiger partial charge on any atom is -0.312 e. The lowest BCUT2D eigenvalue weighted by Gasteiger charge is -2.33. The summed E-state index contributed by atoms with van der Waals surface area (Å²) in [5.41, 5.74) is 3.03. The van der Waals surface area contributed by atoms with Gasteiger partial charge in [0.15, 0.2) is 0 Å². The Morgan fingerprint density at radius 2 is 1.95 bits per heavy atom. The molecule has 0 saturated carbocycles. The zero-order valence-corrected chi connectivity index (χ0v) is 14.1. The monoisotopic (exact) mass is 289 g/mol. The third-order valence-electron chi connectivity index (χ3n) is 4.17. The van der Waals surface area contributed by atoms with E-state index in [1.807, 2.05) is 0 Å². The van der Waals surface area contributed by atoms with E-state index >= 15 is 0 Å². The Labute approximate surface area is 130 Å². The number of nitrogens with zero attached hydrogens (tertiary/aromatic N) is 2. The molecule has 0 radical (unpaired) electrons.